The van der Waals surface area contributed by atoms with Crippen molar-refractivity contribution >= 4 is 5.91 Å². The van der Waals surface area contributed by atoms with Crippen molar-refractivity contribution in [2.24, 2.45) is 18.9 Å². The van der Waals surface area contributed by atoms with E-state index in [-0.39, 0.29) is 5.91 Å². The number of carbonyl (C=O) groups is 1. The lowest BCUT2D eigenvalue weighted by Crippen LogP contribution is -2.41. The van der Waals surface area contributed by atoms with Gasteiger partial charge in [-0.05, 0) is 62.6 Å². The molecule has 1 aliphatic heterocycles. The molecule has 0 aliphatic carbocycles. The summed E-state index contributed by atoms with van der Waals surface area (Å²) in [6, 6.07) is 8.15. The van der Waals surface area contributed by atoms with Crippen LogP contribution in [0.5, 0.6) is 0 Å². The van der Waals surface area contributed by atoms with Gasteiger partial charge >= 0.3 is 0 Å². The zero-order chi connectivity index (χ0) is 18.7. The molecule has 1 saturated heterocycles. The Morgan fingerprint density at radius 2 is 2.12 bits per heavy atom. The highest BCUT2D eigenvalue weighted by Gasteiger charge is 2.27. The van der Waals surface area contributed by atoms with Crippen LogP contribution >= 0.6 is 0 Å². The highest BCUT2D eigenvalue weighted by molar-refractivity contribution is 5.92. The molecule has 3 rings (SSSR count). The maximum Gasteiger partial charge on any atom is 0.272 e. The maximum atomic E-state index is 13.0. The van der Waals surface area contributed by atoms with Gasteiger partial charge in [0.2, 0.25) is 0 Å². The fraction of sp³-hybridized carbons (Fsp3) is 0.571. The van der Waals surface area contributed by atoms with Gasteiger partial charge in [-0.1, -0.05) is 19.9 Å². The van der Waals surface area contributed by atoms with Crippen molar-refractivity contribution in [2.75, 3.05) is 13.1 Å². The molecule has 0 N–H and O–H groups in total. The van der Waals surface area contributed by atoms with Crippen LogP contribution in [0.3, 0.4) is 0 Å². The number of aromatic nitrogens is 3. The van der Waals surface area contributed by atoms with Crippen molar-refractivity contribution < 1.29 is 4.79 Å². The fourth-order valence-electron chi connectivity index (χ4n) is 3.83. The van der Waals surface area contributed by atoms with Crippen LogP contribution in [0.4, 0.5) is 0 Å². The van der Waals surface area contributed by atoms with E-state index in [1.807, 2.05) is 31.0 Å². The van der Waals surface area contributed by atoms with Crippen molar-refractivity contribution in [3.05, 3.63) is 47.0 Å². The average Bonchev–Trinajstić information content (AvgIpc) is 2.94. The molecular formula is C21H30N4O. The number of likely N-dealkylation sites (tertiary alicyclic amines) is 1. The predicted molar refractivity (Wildman–Crippen MR) is 103 cm³/mol. The third-order valence-electron chi connectivity index (χ3n) is 5.02. The Kier molecular flexibility index (Phi) is 5.74. The van der Waals surface area contributed by atoms with Crippen molar-refractivity contribution in [1.29, 1.82) is 0 Å². The Balaban J connectivity index is 1.67. The van der Waals surface area contributed by atoms with E-state index in [2.05, 4.69) is 36.1 Å². The van der Waals surface area contributed by atoms with Gasteiger partial charge in [-0.3, -0.25) is 14.5 Å². The number of hydrogen-bond acceptors (Lipinski definition) is 3. The monoisotopic (exact) mass is 354 g/mol. The van der Waals surface area contributed by atoms with Crippen LogP contribution in [-0.2, 0) is 19.9 Å². The first-order chi connectivity index (χ1) is 12.4. The summed E-state index contributed by atoms with van der Waals surface area (Å²) in [6.07, 6.45) is 4.06. The molecule has 5 nitrogen and oxygen atoms in total. The molecule has 26 heavy (non-hydrogen) atoms. The van der Waals surface area contributed by atoms with Gasteiger partial charge in [0.1, 0.15) is 5.69 Å². The number of piperidine rings is 1. The molecule has 1 fully saturated rings. The zero-order valence-electron chi connectivity index (χ0n) is 16.4. The first kappa shape index (κ1) is 18.6. The molecule has 5 heteroatoms. The van der Waals surface area contributed by atoms with Crippen LogP contribution < -0.4 is 0 Å². The number of nitrogens with zero attached hydrogens (tertiary/aromatic N) is 4. The summed E-state index contributed by atoms with van der Waals surface area (Å²) in [4.78, 5) is 19.6. The molecule has 0 saturated carbocycles. The van der Waals surface area contributed by atoms with Gasteiger partial charge in [0, 0.05) is 31.5 Å². The smallest absolute Gasteiger partial charge is 0.272 e. The van der Waals surface area contributed by atoms with Crippen molar-refractivity contribution in [3.8, 4) is 0 Å². The molecule has 1 aliphatic rings. The number of amides is 1. The maximum absolute atomic E-state index is 13.0. The highest BCUT2D eigenvalue weighted by atomic mass is 16.2. The van der Waals surface area contributed by atoms with Crippen LogP contribution in [0.2, 0.25) is 0 Å². The number of pyridine rings is 1. The molecule has 1 unspecified atom stereocenters. The van der Waals surface area contributed by atoms with E-state index < -0.39 is 0 Å². The summed E-state index contributed by atoms with van der Waals surface area (Å²) in [6.45, 7) is 8.01. The molecule has 1 amide bonds. The number of hydrogen-bond donors (Lipinski definition) is 0. The molecule has 2 aromatic rings. The minimum Gasteiger partial charge on any atom is -0.337 e. The molecule has 0 spiro atoms. The Hall–Kier alpha value is -2.17. The van der Waals surface area contributed by atoms with Gasteiger partial charge in [-0.15, -0.1) is 0 Å². The molecule has 3 heterocycles. The molecular weight excluding hydrogens is 324 g/mol. The van der Waals surface area contributed by atoms with E-state index in [1.165, 1.54) is 0 Å². The third kappa shape index (κ3) is 4.51. The van der Waals surface area contributed by atoms with Crippen LogP contribution in [0.15, 0.2) is 24.3 Å². The molecule has 0 aromatic carbocycles. The third-order valence-corrected chi connectivity index (χ3v) is 5.02. The lowest BCUT2D eigenvalue weighted by molar-refractivity contribution is 0.0661. The van der Waals surface area contributed by atoms with Crippen molar-refractivity contribution in [3.63, 3.8) is 0 Å². The second-order valence-electron chi connectivity index (χ2n) is 7.98. The Bertz CT molecular complexity index is 765. The summed E-state index contributed by atoms with van der Waals surface area (Å²) >= 11 is 0. The van der Waals surface area contributed by atoms with Crippen LogP contribution in [0.25, 0.3) is 0 Å². The van der Waals surface area contributed by atoms with E-state index in [4.69, 9.17) is 0 Å². The van der Waals surface area contributed by atoms with Crippen molar-refractivity contribution in [1.82, 2.24) is 19.7 Å². The lowest BCUT2D eigenvalue weighted by atomic mass is 9.93. The summed E-state index contributed by atoms with van der Waals surface area (Å²) < 4.78 is 1.74. The zero-order valence-corrected chi connectivity index (χ0v) is 16.4. The molecule has 140 valence electrons. The van der Waals surface area contributed by atoms with E-state index in [0.717, 1.165) is 55.9 Å². The molecule has 2 aromatic heterocycles. The van der Waals surface area contributed by atoms with Gasteiger partial charge in [-0.25, -0.2) is 0 Å². The Labute approximate surface area is 156 Å². The molecule has 1 atom stereocenters. The van der Waals surface area contributed by atoms with Crippen LogP contribution in [0.1, 0.15) is 54.3 Å². The SMILES string of the molecule is Cc1cccc(CC2CCCN(C(=O)c3cc(CC(C)C)nn3C)C2)n1. The summed E-state index contributed by atoms with van der Waals surface area (Å²) in [7, 11) is 1.87. The molecule has 0 radical (unpaired) electrons. The van der Waals surface area contributed by atoms with E-state index in [0.29, 0.717) is 17.5 Å². The standard InChI is InChI=1S/C21H30N4O/c1-15(2)11-19-13-20(24(4)23-19)21(26)25-10-6-8-17(14-25)12-18-9-5-7-16(3)22-18/h5,7,9,13,15,17H,6,8,10-12,14H2,1-4H3. The van der Waals surface area contributed by atoms with E-state index >= 15 is 0 Å². The molecule has 0 bridgehead atoms. The Morgan fingerprint density at radius 1 is 1.31 bits per heavy atom. The number of carbonyl (C=O) groups excluding carboxylic acids is 1. The topological polar surface area (TPSA) is 51.0 Å². The summed E-state index contributed by atoms with van der Waals surface area (Å²) in [5.74, 6) is 1.12. The van der Waals surface area contributed by atoms with Gasteiger partial charge in [0.25, 0.3) is 5.91 Å². The van der Waals surface area contributed by atoms with Gasteiger partial charge in [-0.2, -0.15) is 5.10 Å². The fourth-order valence-corrected chi connectivity index (χ4v) is 3.83. The van der Waals surface area contributed by atoms with Gasteiger partial charge in [0.05, 0.1) is 5.69 Å². The van der Waals surface area contributed by atoms with Gasteiger partial charge in [0.15, 0.2) is 0 Å². The van der Waals surface area contributed by atoms with E-state index in [1.54, 1.807) is 4.68 Å². The predicted octanol–water partition coefficient (Wildman–Crippen LogP) is 3.42. The Morgan fingerprint density at radius 3 is 2.85 bits per heavy atom. The van der Waals surface area contributed by atoms with Gasteiger partial charge < -0.3 is 4.90 Å². The summed E-state index contributed by atoms with van der Waals surface area (Å²) in [5, 5.41) is 4.52. The largest absolute Gasteiger partial charge is 0.337 e. The summed E-state index contributed by atoms with van der Waals surface area (Å²) in [5.41, 5.74) is 3.89. The minimum atomic E-state index is 0.108. The second-order valence-corrected chi connectivity index (χ2v) is 7.98. The lowest BCUT2D eigenvalue weighted by Gasteiger charge is -2.32. The first-order valence-corrected chi connectivity index (χ1v) is 9.67. The first-order valence-electron chi connectivity index (χ1n) is 9.67. The highest BCUT2D eigenvalue weighted by Crippen LogP contribution is 2.22. The normalized spacial score (nSPS) is 17.7. The quantitative estimate of drug-likeness (QED) is 0.827. The number of rotatable bonds is 5. The van der Waals surface area contributed by atoms with Crippen LogP contribution in [0, 0.1) is 18.8 Å². The van der Waals surface area contributed by atoms with Crippen LogP contribution in [-0.4, -0.2) is 38.7 Å². The average molecular weight is 354 g/mol. The number of aryl methyl sites for hydroxylation is 2. The minimum absolute atomic E-state index is 0.108. The van der Waals surface area contributed by atoms with Crippen molar-refractivity contribution in [2.45, 2.75) is 46.5 Å². The second kappa shape index (κ2) is 8.02. The van der Waals surface area contributed by atoms with E-state index in [9.17, 15) is 4.79 Å².